The average molecular weight is 457 g/mol. The van der Waals surface area contributed by atoms with E-state index in [0.29, 0.717) is 0 Å². The summed E-state index contributed by atoms with van der Waals surface area (Å²) in [6.07, 6.45) is 6.20. The van der Waals surface area contributed by atoms with Gasteiger partial charge in [-0.2, -0.15) is 0 Å². The first-order valence-corrected chi connectivity index (χ1v) is 10.5. The molecule has 0 atom stereocenters. The summed E-state index contributed by atoms with van der Waals surface area (Å²) in [5.74, 6) is -0.235. The van der Waals surface area contributed by atoms with Crippen molar-refractivity contribution in [1.29, 1.82) is 0 Å². The van der Waals surface area contributed by atoms with Gasteiger partial charge in [0, 0.05) is 20.9 Å². The summed E-state index contributed by atoms with van der Waals surface area (Å²) in [5.41, 5.74) is 5.40. The fourth-order valence-corrected chi connectivity index (χ4v) is 4.45. The van der Waals surface area contributed by atoms with E-state index in [2.05, 4.69) is 91.9 Å². The number of rotatable bonds is 2. The first-order chi connectivity index (χ1) is 14.7. The maximum atomic E-state index is 13.4. The molecule has 3 heterocycles. The molecule has 0 fully saturated rings. The first kappa shape index (κ1) is 17.4. The third-order valence-corrected chi connectivity index (χ3v) is 6.08. The molecule has 0 amide bonds. The Balaban J connectivity index is 1.72. The van der Waals surface area contributed by atoms with Gasteiger partial charge in [-0.3, -0.25) is 0 Å². The molecule has 30 heavy (non-hydrogen) atoms. The molecule has 6 aromatic rings. The van der Waals surface area contributed by atoms with Crippen LogP contribution in [0.1, 0.15) is 0 Å². The minimum absolute atomic E-state index is 0.235. The standard InChI is InChI=1S/C25H16BrFN3/c26-17-5-9-20(10-6-17)30-23-4-2-1-3-21(23)22-13-14-28-16-29(15-24(28)25(22)30)19-11-7-18(27)8-12-19/h1-16H/q+1. The fraction of sp³-hybridized carbons (Fsp3) is 0. The molecular weight excluding hydrogens is 441 g/mol. The van der Waals surface area contributed by atoms with Crippen LogP contribution in [0, 0.1) is 5.82 Å². The van der Waals surface area contributed by atoms with Gasteiger partial charge in [0.2, 0.25) is 0 Å². The molecule has 0 spiro atoms. The second-order valence-corrected chi connectivity index (χ2v) is 8.24. The van der Waals surface area contributed by atoms with Crippen LogP contribution < -0.4 is 4.40 Å². The zero-order chi connectivity index (χ0) is 20.2. The topological polar surface area (TPSA) is 14.0 Å². The van der Waals surface area contributed by atoms with Crippen LogP contribution in [0.3, 0.4) is 0 Å². The van der Waals surface area contributed by atoms with E-state index in [9.17, 15) is 4.39 Å². The van der Waals surface area contributed by atoms with Crippen molar-refractivity contribution in [3.63, 3.8) is 0 Å². The lowest BCUT2D eigenvalue weighted by atomic mass is 10.2. The lowest BCUT2D eigenvalue weighted by molar-refractivity contribution is -0.510. The molecule has 6 rings (SSSR count). The number of nitrogens with zero attached hydrogens (tertiary/aromatic N) is 3. The Hall–Kier alpha value is -3.44. The van der Waals surface area contributed by atoms with Crippen LogP contribution in [-0.4, -0.2) is 9.13 Å². The molecule has 3 aromatic heterocycles. The van der Waals surface area contributed by atoms with Crippen molar-refractivity contribution in [3.8, 4) is 11.4 Å². The van der Waals surface area contributed by atoms with E-state index in [0.717, 1.165) is 32.4 Å². The second-order valence-electron chi connectivity index (χ2n) is 7.33. The van der Waals surface area contributed by atoms with Gasteiger partial charge < -0.3 is 4.57 Å². The number of imidazole rings is 1. The highest BCUT2D eigenvalue weighted by Gasteiger charge is 2.19. The van der Waals surface area contributed by atoms with Crippen LogP contribution in [0.5, 0.6) is 0 Å². The summed E-state index contributed by atoms with van der Waals surface area (Å²) in [4.78, 5) is 0. The Kier molecular flexibility index (Phi) is 3.80. The quantitative estimate of drug-likeness (QED) is 0.275. The molecule has 0 aliphatic heterocycles. The van der Waals surface area contributed by atoms with Gasteiger partial charge in [-0.15, -0.1) is 0 Å². The van der Waals surface area contributed by atoms with E-state index in [-0.39, 0.29) is 5.82 Å². The maximum absolute atomic E-state index is 13.4. The number of hydrogen-bond acceptors (Lipinski definition) is 0. The molecule has 3 aromatic carbocycles. The van der Waals surface area contributed by atoms with Gasteiger partial charge in [0.25, 0.3) is 6.33 Å². The van der Waals surface area contributed by atoms with Gasteiger partial charge in [-0.25, -0.2) is 13.4 Å². The predicted molar refractivity (Wildman–Crippen MR) is 121 cm³/mol. The van der Waals surface area contributed by atoms with Crippen molar-refractivity contribution in [2.24, 2.45) is 0 Å². The third-order valence-electron chi connectivity index (χ3n) is 5.56. The van der Waals surface area contributed by atoms with E-state index in [1.165, 1.54) is 22.9 Å². The minimum Gasteiger partial charge on any atom is -0.305 e. The summed E-state index contributed by atoms with van der Waals surface area (Å²) >= 11 is 3.54. The molecule has 0 bridgehead atoms. The molecule has 0 unspecified atom stereocenters. The second kappa shape index (κ2) is 6.54. The molecule has 5 heteroatoms. The summed E-state index contributed by atoms with van der Waals surface area (Å²) < 4.78 is 20.9. The Bertz CT molecular complexity index is 1540. The molecular formula is C25H16BrFN3+. The number of benzene rings is 3. The Labute approximate surface area is 180 Å². The highest BCUT2D eigenvalue weighted by atomic mass is 79.9. The Morgan fingerprint density at radius 3 is 2.30 bits per heavy atom. The average Bonchev–Trinajstić information content (AvgIpc) is 3.34. The SMILES string of the molecule is Fc1ccc(-n2cc3c4c(cc[n+]3c2)c2ccccc2n4-c2ccc(Br)cc2)cc1. The van der Waals surface area contributed by atoms with Crippen LogP contribution in [0.4, 0.5) is 4.39 Å². The van der Waals surface area contributed by atoms with Crippen molar-refractivity contribution in [2.45, 2.75) is 0 Å². The molecule has 0 N–H and O–H groups in total. The van der Waals surface area contributed by atoms with Crippen molar-refractivity contribution in [1.82, 2.24) is 9.13 Å². The lowest BCUT2D eigenvalue weighted by Crippen LogP contribution is -2.18. The van der Waals surface area contributed by atoms with Gasteiger partial charge in [0.15, 0.2) is 5.52 Å². The third kappa shape index (κ3) is 2.59. The summed E-state index contributed by atoms with van der Waals surface area (Å²) in [6, 6.07) is 25.6. The van der Waals surface area contributed by atoms with E-state index in [1.54, 1.807) is 12.1 Å². The van der Waals surface area contributed by atoms with Crippen LogP contribution in [0.25, 0.3) is 38.7 Å². The molecule has 0 saturated heterocycles. The van der Waals surface area contributed by atoms with E-state index in [1.807, 2.05) is 10.9 Å². The molecule has 0 radical (unpaired) electrons. The van der Waals surface area contributed by atoms with Crippen molar-refractivity contribution in [2.75, 3.05) is 0 Å². The van der Waals surface area contributed by atoms with Gasteiger partial charge in [-0.05, 0) is 60.7 Å². The van der Waals surface area contributed by atoms with Crippen molar-refractivity contribution in [3.05, 3.63) is 108 Å². The molecule has 144 valence electrons. The van der Waals surface area contributed by atoms with Crippen LogP contribution in [0.2, 0.25) is 0 Å². The number of para-hydroxylation sites is 1. The smallest absolute Gasteiger partial charge is 0.254 e. The lowest BCUT2D eigenvalue weighted by Gasteiger charge is -2.07. The van der Waals surface area contributed by atoms with Crippen molar-refractivity contribution >= 4 is 43.3 Å². The van der Waals surface area contributed by atoms with E-state index >= 15 is 0 Å². The molecule has 0 aliphatic carbocycles. The van der Waals surface area contributed by atoms with Gasteiger partial charge in [-0.1, -0.05) is 34.1 Å². The van der Waals surface area contributed by atoms with Gasteiger partial charge >= 0.3 is 0 Å². The van der Waals surface area contributed by atoms with E-state index < -0.39 is 0 Å². The highest BCUT2D eigenvalue weighted by Crippen LogP contribution is 2.33. The normalized spacial score (nSPS) is 11.7. The number of aromatic nitrogens is 3. The molecule has 0 aliphatic rings. The van der Waals surface area contributed by atoms with Crippen LogP contribution >= 0.6 is 15.9 Å². The zero-order valence-corrected chi connectivity index (χ0v) is 17.4. The van der Waals surface area contributed by atoms with Crippen LogP contribution in [-0.2, 0) is 0 Å². The summed E-state index contributed by atoms with van der Waals surface area (Å²) in [7, 11) is 0. The van der Waals surface area contributed by atoms with E-state index in [4.69, 9.17) is 0 Å². The van der Waals surface area contributed by atoms with Crippen LogP contribution in [0.15, 0.2) is 102 Å². The summed E-state index contributed by atoms with van der Waals surface area (Å²) in [6.45, 7) is 0. The number of fused-ring (bicyclic) bond motifs is 5. The van der Waals surface area contributed by atoms with Gasteiger partial charge in [0.1, 0.15) is 23.2 Å². The largest absolute Gasteiger partial charge is 0.305 e. The maximum Gasteiger partial charge on any atom is 0.254 e. The minimum atomic E-state index is -0.235. The van der Waals surface area contributed by atoms with Gasteiger partial charge in [0.05, 0.1) is 11.7 Å². The number of hydrogen-bond donors (Lipinski definition) is 0. The fourth-order valence-electron chi connectivity index (χ4n) is 4.18. The Morgan fingerprint density at radius 1 is 0.767 bits per heavy atom. The molecule has 0 saturated carbocycles. The summed E-state index contributed by atoms with van der Waals surface area (Å²) in [5, 5.41) is 2.41. The van der Waals surface area contributed by atoms with Crippen molar-refractivity contribution < 1.29 is 8.79 Å². The Morgan fingerprint density at radius 2 is 1.50 bits per heavy atom. The number of pyridine rings is 1. The highest BCUT2D eigenvalue weighted by molar-refractivity contribution is 9.10. The predicted octanol–water partition coefficient (Wildman–Crippen LogP) is 6.21. The zero-order valence-electron chi connectivity index (χ0n) is 15.8. The first-order valence-electron chi connectivity index (χ1n) is 9.66. The monoisotopic (exact) mass is 456 g/mol. The number of halogens is 2. The molecule has 3 nitrogen and oxygen atoms in total.